The van der Waals surface area contributed by atoms with Gasteiger partial charge in [0.25, 0.3) is 5.91 Å². The highest BCUT2D eigenvalue weighted by atomic mass is 19.3. The number of ether oxygens (including phenoxy) is 1. The molecule has 0 radical (unpaired) electrons. The van der Waals surface area contributed by atoms with Crippen LogP contribution in [0.1, 0.15) is 16.8 Å². The second kappa shape index (κ2) is 5.30. The molecule has 0 unspecified atom stereocenters. The van der Waals surface area contributed by atoms with Crippen molar-refractivity contribution in [2.24, 2.45) is 5.73 Å². The number of hydrogen-bond acceptors (Lipinski definition) is 3. The van der Waals surface area contributed by atoms with E-state index in [0.717, 1.165) is 6.42 Å². The quantitative estimate of drug-likeness (QED) is 0.890. The van der Waals surface area contributed by atoms with Gasteiger partial charge in [-0.1, -0.05) is 12.1 Å². The summed E-state index contributed by atoms with van der Waals surface area (Å²) in [6, 6.07) is 5.95. The molecule has 1 aromatic rings. The Morgan fingerprint density at radius 1 is 1.44 bits per heavy atom. The van der Waals surface area contributed by atoms with E-state index in [-0.39, 0.29) is 23.3 Å². The Morgan fingerprint density at radius 2 is 2.17 bits per heavy atom. The lowest BCUT2D eigenvalue weighted by atomic mass is 10.2. The number of para-hydroxylation sites is 1. The highest BCUT2D eigenvalue weighted by Gasteiger charge is 2.26. The van der Waals surface area contributed by atoms with Crippen LogP contribution in [0.25, 0.3) is 0 Å². The Labute approximate surface area is 103 Å². The lowest BCUT2D eigenvalue weighted by Crippen LogP contribution is -2.32. The maximum atomic E-state index is 12.2. The third-order valence-corrected chi connectivity index (χ3v) is 2.85. The number of benzene rings is 1. The monoisotopic (exact) mass is 256 g/mol. The third kappa shape index (κ3) is 2.76. The third-order valence-electron chi connectivity index (χ3n) is 2.85. The minimum Gasteiger partial charge on any atom is -0.434 e. The Kier molecular flexibility index (Phi) is 3.76. The Morgan fingerprint density at radius 3 is 2.78 bits per heavy atom. The van der Waals surface area contributed by atoms with Gasteiger partial charge in [-0.15, -0.1) is 0 Å². The van der Waals surface area contributed by atoms with Crippen molar-refractivity contribution in [1.29, 1.82) is 0 Å². The SMILES string of the molecule is N[C@@H]1CCN(C(=O)c2ccccc2OC(F)F)C1. The van der Waals surface area contributed by atoms with Crippen molar-refractivity contribution in [1.82, 2.24) is 4.90 Å². The largest absolute Gasteiger partial charge is 0.434 e. The highest BCUT2D eigenvalue weighted by molar-refractivity contribution is 5.97. The molecule has 1 aliphatic heterocycles. The molecule has 1 fully saturated rings. The van der Waals surface area contributed by atoms with Gasteiger partial charge >= 0.3 is 6.61 Å². The van der Waals surface area contributed by atoms with Crippen molar-refractivity contribution in [2.45, 2.75) is 19.1 Å². The van der Waals surface area contributed by atoms with Gasteiger partial charge in [0, 0.05) is 19.1 Å². The molecule has 1 aliphatic rings. The fourth-order valence-electron chi connectivity index (χ4n) is 1.98. The Balaban J connectivity index is 2.19. The highest BCUT2D eigenvalue weighted by Crippen LogP contribution is 2.23. The number of likely N-dealkylation sites (tertiary alicyclic amines) is 1. The first-order valence-electron chi connectivity index (χ1n) is 5.66. The predicted octanol–water partition coefficient (Wildman–Crippen LogP) is 1.46. The first-order chi connectivity index (χ1) is 8.58. The molecular weight excluding hydrogens is 242 g/mol. The number of alkyl halides is 2. The fourth-order valence-corrected chi connectivity index (χ4v) is 1.98. The van der Waals surface area contributed by atoms with Crippen molar-refractivity contribution in [3.8, 4) is 5.75 Å². The van der Waals surface area contributed by atoms with Crippen LogP contribution in [-0.4, -0.2) is 36.5 Å². The average molecular weight is 256 g/mol. The summed E-state index contributed by atoms with van der Waals surface area (Å²) < 4.78 is 28.8. The lowest BCUT2D eigenvalue weighted by molar-refractivity contribution is -0.0502. The molecule has 1 saturated heterocycles. The molecule has 1 aromatic carbocycles. The summed E-state index contributed by atoms with van der Waals surface area (Å²) in [5.41, 5.74) is 5.86. The topological polar surface area (TPSA) is 55.6 Å². The zero-order valence-corrected chi connectivity index (χ0v) is 9.68. The van der Waals surface area contributed by atoms with Crippen LogP contribution in [0.2, 0.25) is 0 Å². The number of carbonyl (C=O) groups excluding carboxylic acids is 1. The number of nitrogens with two attached hydrogens (primary N) is 1. The summed E-state index contributed by atoms with van der Waals surface area (Å²) in [6.45, 7) is -1.95. The van der Waals surface area contributed by atoms with Gasteiger partial charge in [-0.2, -0.15) is 8.78 Å². The molecule has 1 atom stereocenters. The van der Waals surface area contributed by atoms with Gasteiger partial charge in [-0.25, -0.2) is 0 Å². The van der Waals surface area contributed by atoms with Crippen molar-refractivity contribution in [3.63, 3.8) is 0 Å². The van der Waals surface area contributed by atoms with Gasteiger partial charge in [-0.3, -0.25) is 4.79 Å². The standard InChI is InChI=1S/C12H14F2N2O2/c13-12(14)18-10-4-2-1-3-9(10)11(17)16-6-5-8(15)7-16/h1-4,8,12H,5-7,15H2/t8-/m1/s1. The summed E-state index contributed by atoms with van der Waals surface area (Å²) in [7, 11) is 0. The first-order valence-corrected chi connectivity index (χ1v) is 5.66. The van der Waals surface area contributed by atoms with Gasteiger partial charge in [0.05, 0.1) is 5.56 Å². The van der Waals surface area contributed by atoms with Crippen molar-refractivity contribution >= 4 is 5.91 Å². The van der Waals surface area contributed by atoms with E-state index >= 15 is 0 Å². The molecule has 2 N–H and O–H groups in total. The predicted molar refractivity (Wildman–Crippen MR) is 61.6 cm³/mol. The van der Waals surface area contributed by atoms with Crippen LogP contribution in [0, 0.1) is 0 Å². The number of rotatable bonds is 3. The molecule has 98 valence electrons. The minimum absolute atomic E-state index is 0.0443. The summed E-state index contributed by atoms with van der Waals surface area (Å²) in [4.78, 5) is 13.7. The van der Waals surface area contributed by atoms with Crippen LogP contribution in [0.4, 0.5) is 8.78 Å². The first kappa shape index (κ1) is 12.8. The fraction of sp³-hybridized carbons (Fsp3) is 0.417. The van der Waals surface area contributed by atoms with E-state index in [1.807, 2.05) is 0 Å². The molecule has 1 amide bonds. The van der Waals surface area contributed by atoms with Crippen LogP contribution >= 0.6 is 0 Å². The summed E-state index contributed by atoms with van der Waals surface area (Å²) in [5.74, 6) is -0.419. The minimum atomic E-state index is -2.94. The molecule has 1 heterocycles. The van der Waals surface area contributed by atoms with Crippen LogP contribution in [0.5, 0.6) is 5.75 Å². The van der Waals surface area contributed by atoms with E-state index in [1.165, 1.54) is 12.1 Å². The molecular formula is C12H14F2N2O2. The molecule has 0 aromatic heterocycles. The van der Waals surface area contributed by atoms with Gasteiger partial charge in [-0.05, 0) is 18.6 Å². The Hall–Kier alpha value is -1.69. The van der Waals surface area contributed by atoms with Crippen molar-refractivity contribution in [3.05, 3.63) is 29.8 Å². The lowest BCUT2D eigenvalue weighted by Gasteiger charge is -2.17. The molecule has 0 spiro atoms. The number of halogens is 2. The van der Waals surface area contributed by atoms with Gasteiger partial charge in [0.1, 0.15) is 5.75 Å². The maximum absolute atomic E-state index is 12.2. The van der Waals surface area contributed by atoms with Crippen molar-refractivity contribution in [2.75, 3.05) is 13.1 Å². The summed E-state index contributed by atoms with van der Waals surface area (Å²) >= 11 is 0. The van der Waals surface area contributed by atoms with E-state index in [9.17, 15) is 13.6 Å². The van der Waals surface area contributed by atoms with Crippen molar-refractivity contribution < 1.29 is 18.3 Å². The molecule has 0 saturated carbocycles. The number of hydrogen-bond donors (Lipinski definition) is 1. The molecule has 6 heteroatoms. The van der Waals surface area contributed by atoms with E-state index in [4.69, 9.17) is 5.73 Å². The van der Waals surface area contributed by atoms with E-state index in [0.29, 0.717) is 13.1 Å². The second-order valence-corrected chi connectivity index (χ2v) is 4.17. The van der Waals surface area contributed by atoms with Crippen LogP contribution < -0.4 is 10.5 Å². The molecule has 0 aliphatic carbocycles. The van der Waals surface area contributed by atoms with Crippen LogP contribution in [-0.2, 0) is 0 Å². The molecule has 2 rings (SSSR count). The molecule has 4 nitrogen and oxygen atoms in total. The molecule has 18 heavy (non-hydrogen) atoms. The maximum Gasteiger partial charge on any atom is 0.387 e. The second-order valence-electron chi connectivity index (χ2n) is 4.17. The van der Waals surface area contributed by atoms with E-state index in [1.54, 1.807) is 17.0 Å². The van der Waals surface area contributed by atoms with Crippen LogP contribution in [0.3, 0.4) is 0 Å². The van der Waals surface area contributed by atoms with Gasteiger partial charge in [0.15, 0.2) is 0 Å². The molecule has 0 bridgehead atoms. The summed E-state index contributed by atoms with van der Waals surface area (Å²) in [6.07, 6.45) is 0.726. The van der Waals surface area contributed by atoms with Gasteiger partial charge in [0.2, 0.25) is 0 Å². The average Bonchev–Trinajstić information content (AvgIpc) is 2.75. The van der Waals surface area contributed by atoms with Gasteiger partial charge < -0.3 is 15.4 Å². The smallest absolute Gasteiger partial charge is 0.387 e. The summed E-state index contributed by atoms with van der Waals surface area (Å²) in [5, 5.41) is 0. The normalized spacial score (nSPS) is 19.3. The number of nitrogens with zero attached hydrogens (tertiary/aromatic N) is 1. The number of carbonyl (C=O) groups is 1. The van der Waals surface area contributed by atoms with E-state index in [2.05, 4.69) is 4.74 Å². The zero-order valence-electron chi connectivity index (χ0n) is 9.68. The van der Waals surface area contributed by atoms with Crippen LogP contribution in [0.15, 0.2) is 24.3 Å². The number of amides is 1. The zero-order chi connectivity index (χ0) is 13.1. The van der Waals surface area contributed by atoms with E-state index < -0.39 is 6.61 Å². The Bertz CT molecular complexity index is 440.